The van der Waals surface area contributed by atoms with Gasteiger partial charge in [0.05, 0.1) is 6.61 Å². The predicted octanol–water partition coefficient (Wildman–Crippen LogP) is 3.34. The van der Waals surface area contributed by atoms with E-state index in [9.17, 15) is 13.9 Å². The lowest BCUT2D eigenvalue weighted by atomic mass is 9.97. The van der Waals surface area contributed by atoms with Gasteiger partial charge in [0, 0.05) is 16.5 Å². The molecule has 2 rings (SSSR count). The summed E-state index contributed by atoms with van der Waals surface area (Å²) >= 11 is 1.32. The average Bonchev–Trinajstić information content (AvgIpc) is 3.22. The van der Waals surface area contributed by atoms with Crippen molar-refractivity contribution in [2.75, 3.05) is 12.4 Å². The molecule has 0 bridgehead atoms. The van der Waals surface area contributed by atoms with E-state index in [1.807, 2.05) is 6.92 Å². The molecule has 0 saturated heterocycles. The van der Waals surface area contributed by atoms with Gasteiger partial charge in [0.15, 0.2) is 0 Å². The van der Waals surface area contributed by atoms with Crippen LogP contribution < -0.4 is 5.32 Å². The lowest BCUT2D eigenvalue weighted by Gasteiger charge is -2.29. The molecule has 1 fully saturated rings. The van der Waals surface area contributed by atoms with Crippen molar-refractivity contribution in [3.8, 4) is 0 Å². The Bertz CT molecular complexity index is 453. The normalized spacial score (nSPS) is 18.0. The Kier molecular flexibility index (Phi) is 5.41. The Hall–Kier alpha value is -0.650. The van der Waals surface area contributed by atoms with Crippen molar-refractivity contribution < 1.29 is 13.9 Å². The molecule has 0 spiro atoms. The predicted molar refractivity (Wildman–Crippen MR) is 78.0 cm³/mol. The van der Waals surface area contributed by atoms with Crippen LogP contribution in [0.4, 0.5) is 8.78 Å². The molecule has 0 heterocycles. The number of hydrogen-bond acceptors (Lipinski definition) is 3. The van der Waals surface area contributed by atoms with E-state index < -0.39 is 5.82 Å². The Balaban J connectivity index is 1.76. The minimum atomic E-state index is -0.413. The van der Waals surface area contributed by atoms with Gasteiger partial charge in [-0.2, -0.15) is 0 Å². The maximum atomic E-state index is 13.4. The van der Waals surface area contributed by atoms with Gasteiger partial charge in [-0.05, 0) is 56.6 Å². The zero-order valence-corrected chi connectivity index (χ0v) is 12.5. The van der Waals surface area contributed by atoms with E-state index >= 15 is 0 Å². The fourth-order valence-electron chi connectivity index (χ4n) is 2.15. The van der Waals surface area contributed by atoms with Crippen LogP contribution in [-0.4, -0.2) is 29.0 Å². The molecule has 2 N–H and O–H groups in total. The molecule has 2 nitrogen and oxygen atoms in total. The van der Waals surface area contributed by atoms with Gasteiger partial charge in [-0.3, -0.25) is 0 Å². The number of rotatable bonds is 8. The standard InChI is InChI=1S/C15H21F2NOS/c1-15(10-19,18-12-4-5-12)7-2-8-20-14-9-11(16)3-6-13(14)17/h3,6,9,12,18-19H,2,4-5,7-8,10H2,1H3. The van der Waals surface area contributed by atoms with Crippen molar-refractivity contribution in [2.24, 2.45) is 0 Å². The summed E-state index contributed by atoms with van der Waals surface area (Å²) in [5.74, 6) is -0.0793. The highest BCUT2D eigenvalue weighted by molar-refractivity contribution is 7.99. The third-order valence-electron chi connectivity index (χ3n) is 3.50. The van der Waals surface area contributed by atoms with Gasteiger partial charge in [0.1, 0.15) is 11.6 Å². The third kappa shape index (κ3) is 4.72. The summed E-state index contributed by atoms with van der Waals surface area (Å²) in [5.41, 5.74) is -0.262. The summed E-state index contributed by atoms with van der Waals surface area (Å²) in [5, 5.41) is 12.9. The number of nitrogens with one attached hydrogen (secondary N) is 1. The van der Waals surface area contributed by atoms with Crippen molar-refractivity contribution in [3.05, 3.63) is 29.8 Å². The Morgan fingerprint density at radius 2 is 2.15 bits per heavy atom. The zero-order chi connectivity index (χ0) is 14.6. The Morgan fingerprint density at radius 1 is 1.40 bits per heavy atom. The van der Waals surface area contributed by atoms with Crippen molar-refractivity contribution >= 4 is 11.8 Å². The van der Waals surface area contributed by atoms with Gasteiger partial charge < -0.3 is 10.4 Å². The van der Waals surface area contributed by atoms with Gasteiger partial charge in [-0.1, -0.05) is 0 Å². The molecule has 1 aliphatic rings. The van der Waals surface area contributed by atoms with E-state index in [1.54, 1.807) is 0 Å². The van der Waals surface area contributed by atoms with Gasteiger partial charge in [-0.25, -0.2) is 8.78 Å². The molecule has 0 aromatic heterocycles. The van der Waals surface area contributed by atoms with Crippen molar-refractivity contribution in [2.45, 2.75) is 49.1 Å². The first-order valence-corrected chi connectivity index (χ1v) is 7.97. The molecule has 1 aromatic carbocycles. The highest BCUT2D eigenvalue weighted by Crippen LogP contribution is 2.27. The summed E-state index contributed by atoms with van der Waals surface area (Å²) in [7, 11) is 0. The van der Waals surface area contributed by atoms with Gasteiger partial charge >= 0.3 is 0 Å². The molecule has 1 saturated carbocycles. The van der Waals surface area contributed by atoms with Crippen LogP contribution >= 0.6 is 11.8 Å². The number of hydrogen-bond donors (Lipinski definition) is 2. The fraction of sp³-hybridized carbons (Fsp3) is 0.600. The summed E-state index contributed by atoms with van der Waals surface area (Å²) in [6, 6.07) is 4.06. The number of aliphatic hydroxyl groups is 1. The van der Waals surface area contributed by atoms with E-state index in [0.717, 1.165) is 25.0 Å². The molecule has 5 heteroatoms. The summed E-state index contributed by atoms with van der Waals surface area (Å²) in [6.45, 7) is 2.11. The number of thioether (sulfide) groups is 1. The maximum absolute atomic E-state index is 13.4. The Morgan fingerprint density at radius 3 is 2.80 bits per heavy atom. The summed E-state index contributed by atoms with van der Waals surface area (Å²) in [4.78, 5) is 0.353. The van der Waals surface area contributed by atoms with Crippen LogP contribution in [0.5, 0.6) is 0 Å². The molecule has 1 aromatic rings. The molecule has 20 heavy (non-hydrogen) atoms. The molecule has 0 radical (unpaired) electrons. The van der Waals surface area contributed by atoms with Crippen LogP contribution in [0.1, 0.15) is 32.6 Å². The second-order valence-corrected chi connectivity index (χ2v) is 6.80. The van der Waals surface area contributed by atoms with Crippen LogP contribution in [0, 0.1) is 11.6 Å². The topological polar surface area (TPSA) is 32.3 Å². The monoisotopic (exact) mass is 301 g/mol. The largest absolute Gasteiger partial charge is 0.394 e. The summed E-state index contributed by atoms with van der Waals surface area (Å²) in [6.07, 6.45) is 4.03. The van der Waals surface area contributed by atoms with Crippen molar-refractivity contribution in [1.29, 1.82) is 0 Å². The number of benzene rings is 1. The smallest absolute Gasteiger partial charge is 0.136 e. The van der Waals surface area contributed by atoms with Crippen LogP contribution in [0.25, 0.3) is 0 Å². The SMILES string of the molecule is CC(CO)(CCCSc1cc(F)ccc1F)NC1CC1. The molecule has 0 amide bonds. The first-order chi connectivity index (χ1) is 9.52. The first-order valence-electron chi connectivity index (χ1n) is 6.99. The van der Waals surface area contributed by atoms with Crippen molar-refractivity contribution in [1.82, 2.24) is 5.32 Å². The molecule has 1 aliphatic carbocycles. The van der Waals surface area contributed by atoms with Gasteiger partial charge in [0.2, 0.25) is 0 Å². The lowest BCUT2D eigenvalue weighted by Crippen LogP contribution is -2.46. The van der Waals surface area contributed by atoms with Gasteiger partial charge in [0.25, 0.3) is 0 Å². The van der Waals surface area contributed by atoms with Crippen molar-refractivity contribution in [3.63, 3.8) is 0 Å². The van der Waals surface area contributed by atoms with Crippen LogP contribution in [0.3, 0.4) is 0 Å². The van der Waals surface area contributed by atoms with Gasteiger partial charge in [-0.15, -0.1) is 11.8 Å². The molecular formula is C15H21F2NOS. The molecule has 112 valence electrons. The van der Waals surface area contributed by atoms with Crippen LogP contribution in [0.2, 0.25) is 0 Å². The van der Waals surface area contributed by atoms with Crippen LogP contribution in [0.15, 0.2) is 23.1 Å². The quantitative estimate of drug-likeness (QED) is 0.570. The average molecular weight is 301 g/mol. The summed E-state index contributed by atoms with van der Waals surface area (Å²) < 4.78 is 26.5. The maximum Gasteiger partial charge on any atom is 0.136 e. The number of aliphatic hydroxyl groups excluding tert-OH is 1. The molecule has 1 unspecified atom stereocenters. The zero-order valence-electron chi connectivity index (χ0n) is 11.7. The second kappa shape index (κ2) is 6.87. The van der Waals surface area contributed by atoms with E-state index in [1.165, 1.54) is 30.7 Å². The lowest BCUT2D eigenvalue weighted by molar-refractivity contribution is 0.163. The number of halogens is 2. The van der Waals surface area contributed by atoms with E-state index in [4.69, 9.17) is 0 Å². The molecule has 0 aliphatic heterocycles. The van der Waals surface area contributed by atoms with Crippen LogP contribution in [-0.2, 0) is 0 Å². The fourth-order valence-corrected chi connectivity index (χ4v) is 3.06. The molecule has 1 atom stereocenters. The second-order valence-electron chi connectivity index (χ2n) is 5.66. The van der Waals surface area contributed by atoms with E-state index in [0.29, 0.717) is 16.7 Å². The molecular weight excluding hydrogens is 280 g/mol. The first kappa shape index (κ1) is 15.7. The third-order valence-corrected chi connectivity index (χ3v) is 4.62. The Labute approximate surface area is 123 Å². The minimum Gasteiger partial charge on any atom is -0.394 e. The minimum absolute atomic E-state index is 0.0997. The van der Waals surface area contributed by atoms with E-state index in [2.05, 4.69) is 5.32 Å². The highest BCUT2D eigenvalue weighted by Gasteiger charge is 2.31. The van der Waals surface area contributed by atoms with E-state index in [-0.39, 0.29) is 18.0 Å². The highest BCUT2D eigenvalue weighted by atomic mass is 32.2.